The molecule has 4 aromatic heterocycles. The van der Waals surface area contributed by atoms with Gasteiger partial charge in [0.1, 0.15) is 11.6 Å². The van der Waals surface area contributed by atoms with Crippen LogP contribution >= 0.6 is 0 Å². The molecule has 42 heavy (non-hydrogen) atoms. The predicted octanol–water partition coefficient (Wildman–Crippen LogP) is 5.82. The predicted molar refractivity (Wildman–Crippen MR) is 172 cm³/mol. The first-order chi connectivity index (χ1) is 20.7. The summed E-state index contributed by atoms with van der Waals surface area (Å²) >= 11 is 0. The van der Waals surface area contributed by atoms with Crippen LogP contribution in [0, 0.1) is 13.8 Å². The molecule has 192 valence electrons. The molecule has 0 bridgehead atoms. The first kappa shape index (κ1) is 20.5. The van der Waals surface area contributed by atoms with E-state index in [1.807, 2.05) is 0 Å². The number of hydrogen-bond donors (Lipinski definition) is 0. The number of fused-ring (bicyclic) bond motifs is 9. The first-order valence-corrected chi connectivity index (χ1v) is 14.7. The standard InChI is InChI=1S/C36H20BN5/c1-17-38-23-15-14-21-29-20-9-4-6-11-26(20)42-25-10-5-3-8-19(25)22-16-24-35-33(30(22)36(29)42)37-31(21)34(23)40(17)27-12-7-13-28(32(27)37)41(35)18(2)39-24/h3-16H,1-2H3. The van der Waals surface area contributed by atoms with Crippen LogP contribution in [0.25, 0.3) is 82.7 Å². The van der Waals surface area contributed by atoms with Crippen LogP contribution in [0.15, 0.2) is 84.9 Å². The van der Waals surface area contributed by atoms with Crippen molar-refractivity contribution in [1.29, 1.82) is 0 Å². The van der Waals surface area contributed by atoms with E-state index in [0.29, 0.717) is 0 Å². The molecule has 0 amide bonds. The summed E-state index contributed by atoms with van der Waals surface area (Å²) in [5, 5.41) is 5.20. The third-order valence-electron chi connectivity index (χ3n) is 10.4. The Bertz CT molecular complexity index is 2830. The number of nitrogens with zero attached hydrogens (tertiary/aromatic N) is 5. The van der Waals surface area contributed by atoms with Gasteiger partial charge < -0.3 is 4.40 Å². The van der Waals surface area contributed by atoms with Crippen LogP contribution < -0.4 is 16.4 Å². The Kier molecular flexibility index (Phi) is 3.06. The van der Waals surface area contributed by atoms with Crippen molar-refractivity contribution in [3.05, 3.63) is 96.6 Å². The summed E-state index contributed by atoms with van der Waals surface area (Å²) in [6.45, 7) is 4.39. The average molecular weight is 533 g/mol. The van der Waals surface area contributed by atoms with E-state index in [1.165, 1.54) is 88.0 Å². The largest absolute Gasteiger partial charge is 0.308 e. The zero-order valence-electron chi connectivity index (χ0n) is 22.9. The molecule has 0 atom stereocenters. The Morgan fingerprint density at radius 3 is 2.02 bits per heavy atom. The van der Waals surface area contributed by atoms with Gasteiger partial charge in [-0.25, -0.2) is 9.97 Å². The van der Waals surface area contributed by atoms with E-state index < -0.39 is 0 Å². The molecule has 0 saturated carbocycles. The molecule has 3 aliphatic rings. The van der Waals surface area contributed by atoms with Crippen LogP contribution in [0.4, 0.5) is 0 Å². The van der Waals surface area contributed by atoms with Gasteiger partial charge in [-0.2, -0.15) is 0 Å². The highest BCUT2D eigenvalue weighted by atomic mass is 15.1. The van der Waals surface area contributed by atoms with Crippen molar-refractivity contribution in [3.8, 4) is 22.5 Å². The Morgan fingerprint density at radius 2 is 1.24 bits per heavy atom. The molecule has 6 heteroatoms. The van der Waals surface area contributed by atoms with E-state index in [9.17, 15) is 0 Å². The molecule has 0 unspecified atom stereocenters. The van der Waals surface area contributed by atoms with Crippen molar-refractivity contribution >= 4 is 83.3 Å². The summed E-state index contributed by atoms with van der Waals surface area (Å²) in [4.78, 5) is 10.4. The SMILES string of the molecule is Cc1nc2ccc3c4c2n1-c1cccc2c1B4c1c4c(cc5nc(C)n-2c15)c1ccccc1n1c2ccccc2c-3c41. The summed E-state index contributed by atoms with van der Waals surface area (Å²) in [6.07, 6.45) is 0. The van der Waals surface area contributed by atoms with Gasteiger partial charge in [-0.15, -0.1) is 0 Å². The van der Waals surface area contributed by atoms with E-state index in [-0.39, 0.29) is 6.71 Å². The van der Waals surface area contributed by atoms with Gasteiger partial charge in [-0.05, 0) is 77.6 Å². The molecular weight excluding hydrogens is 513 g/mol. The lowest BCUT2D eigenvalue weighted by Crippen LogP contribution is -2.60. The van der Waals surface area contributed by atoms with Gasteiger partial charge in [0.05, 0.1) is 38.6 Å². The van der Waals surface area contributed by atoms with Gasteiger partial charge in [0.15, 0.2) is 0 Å². The first-order valence-electron chi connectivity index (χ1n) is 14.7. The summed E-state index contributed by atoms with van der Waals surface area (Å²) < 4.78 is 7.38. The molecule has 3 aliphatic heterocycles. The van der Waals surface area contributed by atoms with Crippen LogP contribution in [0.1, 0.15) is 11.6 Å². The van der Waals surface area contributed by atoms with Crippen molar-refractivity contribution in [2.75, 3.05) is 0 Å². The molecule has 5 aromatic carbocycles. The fourth-order valence-corrected chi connectivity index (χ4v) is 9.10. The van der Waals surface area contributed by atoms with Crippen molar-refractivity contribution in [2.45, 2.75) is 13.8 Å². The fraction of sp³-hybridized carbons (Fsp3) is 0.0556. The van der Waals surface area contributed by atoms with Gasteiger partial charge in [-0.3, -0.25) is 9.13 Å². The monoisotopic (exact) mass is 533 g/mol. The van der Waals surface area contributed by atoms with E-state index in [4.69, 9.17) is 9.97 Å². The second kappa shape index (κ2) is 6.26. The average Bonchev–Trinajstić information content (AvgIpc) is 3.63. The lowest BCUT2D eigenvalue weighted by molar-refractivity contribution is 0.981. The summed E-state index contributed by atoms with van der Waals surface area (Å²) in [7, 11) is 0. The number of rotatable bonds is 0. The Labute approximate surface area is 239 Å². The Balaban J connectivity index is 1.53. The molecule has 0 saturated heterocycles. The molecule has 0 fully saturated rings. The van der Waals surface area contributed by atoms with Gasteiger partial charge in [0.2, 0.25) is 0 Å². The maximum atomic E-state index is 5.24. The highest BCUT2D eigenvalue weighted by Gasteiger charge is 2.45. The van der Waals surface area contributed by atoms with Crippen LogP contribution in [0.3, 0.4) is 0 Å². The van der Waals surface area contributed by atoms with Crippen molar-refractivity contribution in [2.24, 2.45) is 0 Å². The maximum Gasteiger partial charge on any atom is 0.254 e. The molecule has 7 heterocycles. The molecule has 5 nitrogen and oxygen atoms in total. The normalized spacial score (nSPS) is 13.9. The Morgan fingerprint density at radius 1 is 0.571 bits per heavy atom. The van der Waals surface area contributed by atoms with Crippen molar-refractivity contribution in [1.82, 2.24) is 23.5 Å². The number of pyridine rings is 1. The number of aryl methyl sites for hydroxylation is 2. The Hall–Kier alpha value is -5.36. The lowest BCUT2D eigenvalue weighted by Gasteiger charge is -2.34. The zero-order chi connectivity index (χ0) is 27.2. The van der Waals surface area contributed by atoms with Crippen LogP contribution in [0.5, 0.6) is 0 Å². The summed E-state index contributed by atoms with van der Waals surface area (Å²) in [6, 6.07) is 31.6. The van der Waals surface area contributed by atoms with Crippen LogP contribution in [-0.4, -0.2) is 30.2 Å². The number of imidazole rings is 2. The van der Waals surface area contributed by atoms with E-state index in [2.05, 4.69) is 112 Å². The number of hydrogen-bond acceptors (Lipinski definition) is 2. The highest BCUT2D eigenvalue weighted by Crippen LogP contribution is 2.46. The van der Waals surface area contributed by atoms with Crippen molar-refractivity contribution in [3.63, 3.8) is 0 Å². The van der Waals surface area contributed by atoms with Gasteiger partial charge in [-0.1, -0.05) is 48.5 Å². The molecule has 0 radical (unpaired) electrons. The van der Waals surface area contributed by atoms with Crippen molar-refractivity contribution < 1.29 is 0 Å². The molecule has 0 N–H and O–H groups in total. The van der Waals surface area contributed by atoms with E-state index >= 15 is 0 Å². The minimum Gasteiger partial charge on any atom is -0.308 e. The number of para-hydroxylation sites is 2. The number of aromatic nitrogens is 5. The smallest absolute Gasteiger partial charge is 0.254 e. The highest BCUT2D eigenvalue weighted by molar-refractivity contribution is 7.02. The second-order valence-electron chi connectivity index (χ2n) is 12.2. The van der Waals surface area contributed by atoms with E-state index in [0.717, 1.165) is 22.7 Å². The minimum absolute atomic E-state index is 0.0874. The second-order valence-corrected chi connectivity index (χ2v) is 12.2. The molecular formula is C36H20BN5. The zero-order valence-corrected chi connectivity index (χ0v) is 22.9. The molecule has 0 spiro atoms. The topological polar surface area (TPSA) is 40.0 Å². The molecule has 0 aliphatic carbocycles. The number of benzene rings is 5. The molecule has 9 aromatic rings. The quantitative estimate of drug-likeness (QED) is 0.182. The van der Waals surface area contributed by atoms with Crippen LogP contribution in [-0.2, 0) is 0 Å². The third kappa shape index (κ3) is 1.90. The minimum atomic E-state index is 0.0874. The van der Waals surface area contributed by atoms with Gasteiger partial charge in [0, 0.05) is 33.1 Å². The fourth-order valence-electron chi connectivity index (χ4n) is 9.10. The third-order valence-corrected chi connectivity index (χ3v) is 10.4. The molecule has 12 rings (SSSR count). The van der Waals surface area contributed by atoms with E-state index in [1.54, 1.807) is 0 Å². The maximum absolute atomic E-state index is 5.24. The van der Waals surface area contributed by atoms with Crippen LogP contribution in [0.2, 0.25) is 0 Å². The summed E-state index contributed by atoms with van der Waals surface area (Å²) in [5.74, 6) is 2.06. The van der Waals surface area contributed by atoms with Gasteiger partial charge in [0.25, 0.3) is 6.71 Å². The summed E-state index contributed by atoms with van der Waals surface area (Å²) in [5.41, 5.74) is 17.7. The van der Waals surface area contributed by atoms with Gasteiger partial charge >= 0.3 is 0 Å². The lowest BCUT2D eigenvalue weighted by atomic mass is 9.33.